The molecule has 0 bridgehead atoms. The molecule has 0 fully saturated rings. The Kier molecular flexibility index (Phi) is 4.20. The first-order valence-electron chi connectivity index (χ1n) is 7.70. The summed E-state index contributed by atoms with van der Waals surface area (Å²) in [7, 11) is 1.91. The molecule has 0 saturated carbocycles. The number of anilines is 1. The first-order chi connectivity index (χ1) is 10.3. The van der Waals surface area contributed by atoms with E-state index >= 15 is 0 Å². The molecular weight excluding hydrogens is 262 g/mol. The molecule has 5 heteroatoms. The van der Waals surface area contributed by atoms with Crippen LogP contribution in [0.15, 0.2) is 30.5 Å². The molecule has 1 aliphatic rings. The Bertz CT molecular complexity index is 592. The molecule has 0 amide bonds. The van der Waals surface area contributed by atoms with E-state index < -0.39 is 0 Å². The summed E-state index contributed by atoms with van der Waals surface area (Å²) in [5.74, 6) is 0. The third kappa shape index (κ3) is 3.08. The quantitative estimate of drug-likeness (QED) is 0.936. The molecule has 2 aromatic rings. The van der Waals surface area contributed by atoms with Crippen LogP contribution in [0.2, 0.25) is 0 Å². The first-order valence-corrected chi connectivity index (χ1v) is 7.70. The summed E-state index contributed by atoms with van der Waals surface area (Å²) in [6.45, 7) is 5.06. The van der Waals surface area contributed by atoms with Gasteiger partial charge in [-0.1, -0.05) is 30.3 Å². The molecule has 1 N–H and O–H groups in total. The third-order valence-electron chi connectivity index (χ3n) is 4.03. The minimum Gasteiger partial charge on any atom is -0.365 e. The molecule has 2 heterocycles. The minimum absolute atomic E-state index is 0.457. The van der Waals surface area contributed by atoms with Gasteiger partial charge >= 0.3 is 0 Å². The summed E-state index contributed by atoms with van der Waals surface area (Å²) >= 11 is 0. The number of hydrogen-bond donors (Lipinski definition) is 1. The Labute approximate surface area is 126 Å². The number of benzene rings is 1. The van der Waals surface area contributed by atoms with E-state index in [2.05, 4.69) is 51.7 Å². The SMILES string of the molecule is CCNC1CCCN(Cc2cn(C)nn2)c2ccccc21. The molecule has 1 aromatic heterocycles. The van der Waals surface area contributed by atoms with Crippen molar-refractivity contribution in [2.45, 2.75) is 32.4 Å². The Balaban J connectivity index is 1.88. The lowest BCUT2D eigenvalue weighted by Crippen LogP contribution is -2.24. The van der Waals surface area contributed by atoms with Crippen LogP contribution in [0.1, 0.15) is 37.1 Å². The highest BCUT2D eigenvalue weighted by Crippen LogP contribution is 2.33. The molecule has 0 spiro atoms. The van der Waals surface area contributed by atoms with E-state index in [-0.39, 0.29) is 0 Å². The maximum absolute atomic E-state index is 4.22. The fraction of sp³-hybridized carbons (Fsp3) is 0.500. The number of nitrogens with zero attached hydrogens (tertiary/aromatic N) is 4. The lowest BCUT2D eigenvalue weighted by molar-refractivity contribution is 0.510. The van der Waals surface area contributed by atoms with Crippen LogP contribution in [0.25, 0.3) is 0 Å². The lowest BCUT2D eigenvalue weighted by atomic mass is 10.0. The smallest absolute Gasteiger partial charge is 0.102 e. The van der Waals surface area contributed by atoms with Crippen molar-refractivity contribution >= 4 is 5.69 Å². The van der Waals surface area contributed by atoms with Gasteiger partial charge in [-0.25, -0.2) is 0 Å². The van der Waals surface area contributed by atoms with Crippen molar-refractivity contribution < 1.29 is 0 Å². The largest absolute Gasteiger partial charge is 0.365 e. The minimum atomic E-state index is 0.457. The van der Waals surface area contributed by atoms with Gasteiger partial charge in [-0.05, 0) is 31.0 Å². The van der Waals surface area contributed by atoms with Crippen LogP contribution in [-0.4, -0.2) is 28.1 Å². The van der Waals surface area contributed by atoms with Gasteiger partial charge in [-0.3, -0.25) is 4.68 Å². The summed E-state index contributed by atoms with van der Waals surface area (Å²) in [5.41, 5.74) is 3.75. The summed E-state index contributed by atoms with van der Waals surface area (Å²) < 4.78 is 1.76. The van der Waals surface area contributed by atoms with Crippen molar-refractivity contribution in [1.29, 1.82) is 0 Å². The van der Waals surface area contributed by atoms with Crippen LogP contribution in [-0.2, 0) is 13.6 Å². The van der Waals surface area contributed by atoms with Crippen LogP contribution >= 0.6 is 0 Å². The van der Waals surface area contributed by atoms with Crippen molar-refractivity contribution in [3.8, 4) is 0 Å². The second kappa shape index (κ2) is 6.26. The van der Waals surface area contributed by atoms with Crippen molar-refractivity contribution in [1.82, 2.24) is 20.3 Å². The molecule has 1 unspecified atom stereocenters. The Morgan fingerprint density at radius 1 is 1.33 bits per heavy atom. The molecule has 0 saturated heterocycles. The van der Waals surface area contributed by atoms with E-state index in [0.29, 0.717) is 6.04 Å². The molecule has 1 aliphatic heterocycles. The van der Waals surface area contributed by atoms with Gasteiger partial charge in [0, 0.05) is 31.5 Å². The zero-order chi connectivity index (χ0) is 14.7. The fourth-order valence-corrected chi connectivity index (χ4v) is 3.12. The van der Waals surface area contributed by atoms with Crippen molar-refractivity contribution in [2.75, 3.05) is 18.0 Å². The normalized spacial score (nSPS) is 18.4. The predicted octanol–water partition coefficient (Wildman–Crippen LogP) is 2.27. The van der Waals surface area contributed by atoms with Crippen LogP contribution < -0.4 is 10.2 Å². The monoisotopic (exact) mass is 285 g/mol. The van der Waals surface area contributed by atoms with Crippen LogP contribution in [0.4, 0.5) is 5.69 Å². The Hall–Kier alpha value is -1.88. The topological polar surface area (TPSA) is 46.0 Å². The second-order valence-corrected chi connectivity index (χ2v) is 5.62. The number of para-hydroxylation sites is 1. The number of aryl methyl sites for hydroxylation is 1. The molecule has 21 heavy (non-hydrogen) atoms. The Morgan fingerprint density at radius 2 is 2.19 bits per heavy atom. The first kappa shape index (κ1) is 14.1. The van der Waals surface area contributed by atoms with Crippen molar-refractivity contribution in [3.63, 3.8) is 0 Å². The van der Waals surface area contributed by atoms with Crippen molar-refractivity contribution in [3.05, 3.63) is 41.7 Å². The molecule has 112 valence electrons. The van der Waals surface area contributed by atoms with E-state index in [1.54, 1.807) is 4.68 Å². The highest BCUT2D eigenvalue weighted by molar-refractivity contribution is 5.56. The molecule has 1 atom stereocenters. The Morgan fingerprint density at radius 3 is 2.95 bits per heavy atom. The van der Waals surface area contributed by atoms with Crippen LogP contribution in [0.3, 0.4) is 0 Å². The fourth-order valence-electron chi connectivity index (χ4n) is 3.12. The van der Waals surface area contributed by atoms with Crippen LogP contribution in [0, 0.1) is 0 Å². The maximum Gasteiger partial charge on any atom is 0.102 e. The van der Waals surface area contributed by atoms with Gasteiger partial charge in [0.25, 0.3) is 0 Å². The van der Waals surface area contributed by atoms with Gasteiger partial charge in [0.05, 0.1) is 6.54 Å². The van der Waals surface area contributed by atoms with Gasteiger partial charge in [-0.2, -0.15) is 0 Å². The van der Waals surface area contributed by atoms with Crippen molar-refractivity contribution in [2.24, 2.45) is 7.05 Å². The van der Waals surface area contributed by atoms with E-state index in [9.17, 15) is 0 Å². The van der Waals surface area contributed by atoms with Gasteiger partial charge in [-0.15, -0.1) is 5.10 Å². The van der Waals surface area contributed by atoms with E-state index in [1.165, 1.54) is 24.1 Å². The van der Waals surface area contributed by atoms with E-state index in [4.69, 9.17) is 0 Å². The number of rotatable bonds is 4. The number of nitrogens with one attached hydrogen (secondary N) is 1. The second-order valence-electron chi connectivity index (χ2n) is 5.62. The molecule has 0 aliphatic carbocycles. The van der Waals surface area contributed by atoms with Gasteiger partial charge < -0.3 is 10.2 Å². The number of fused-ring (bicyclic) bond motifs is 1. The van der Waals surface area contributed by atoms with Gasteiger partial charge in [0.15, 0.2) is 0 Å². The summed E-state index contributed by atoms with van der Waals surface area (Å²) in [6, 6.07) is 9.18. The van der Waals surface area contributed by atoms with Gasteiger partial charge in [0.2, 0.25) is 0 Å². The number of hydrogen-bond acceptors (Lipinski definition) is 4. The van der Waals surface area contributed by atoms with Gasteiger partial charge in [0.1, 0.15) is 5.69 Å². The molecule has 1 aromatic carbocycles. The summed E-state index contributed by atoms with van der Waals surface area (Å²) in [4.78, 5) is 2.43. The predicted molar refractivity (Wildman–Crippen MR) is 84.1 cm³/mol. The molecule has 0 radical (unpaired) electrons. The highest BCUT2D eigenvalue weighted by atomic mass is 15.4. The molecule has 5 nitrogen and oxygen atoms in total. The zero-order valence-electron chi connectivity index (χ0n) is 12.8. The standard InChI is InChI=1S/C16H23N5/c1-3-17-15-8-6-10-21(12-13-11-20(2)19-18-13)16-9-5-4-7-14(15)16/h4-5,7,9,11,15,17H,3,6,8,10,12H2,1-2H3. The van der Waals surface area contributed by atoms with E-state index in [0.717, 1.165) is 25.3 Å². The van der Waals surface area contributed by atoms with Crippen LogP contribution in [0.5, 0.6) is 0 Å². The average Bonchev–Trinajstić information content (AvgIpc) is 2.82. The molecule has 3 rings (SSSR count). The summed E-state index contributed by atoms with van der Waals surface area (Å²) in [5, 5.41) is 11.9. The summed E-state index contributed by atoms with van der Waals surface area (Å²) in [6.07, 6.45) is 4.36. The average molecular weight is 285 g/mol. The highest BCUT2D eigenvalue weighted by Gasteiger charge is 2.22. The maximum atomic E-state index is 4.22. The number of aromatic nitrogens is 3. The lowest BCUT2D eigenvalue weighted by Gasteiger charge is -2.25. The third-order valence-corrected chi connectivity index (χ3v) is 4.03. The zero-order valence-corrected chi connectivity index (χ0v) is 12.8. The van der Waals surface area contributed by atoms with E-state index in [1.807, 2.05) is 13.2 Å². The molecular formula is C16H23N5.